The van der Waals surface area contributed by atoms with Gasteiger partial charge in [-0.2, -0.15) is 0 Å². The highest BCUT2D eigenvalue weighted by atomic mass is 79.9. The van der Waals surface area contributed by atoms with Crippen LogP contribution >= 0.6 is 43.2 Å². The Labute approximate surface area is 235 Å². The van der Waals surface area contributed by atoms with E-state index in [2.05, 4.69) is 92.5 Å². The third-order valence-corrected chi connectivity index (χ3v) is 13.2. The van der Waals surface area contributed by atoms with Crippen LogP contribution in [0.1, 0.15) is 48.6 Å². The van der Waals surface area contributed by atoms with Gasteiger partial charge in [0.25, 0.3) is 0 Å². The average Bonchev–Trinajstić information content (AvgIpc) is 3.57. The summed E-state index contributed by atoms with van der Waals surface area (Å²) < 4.78 is 12.0. The molecule has 2 heterocycles. The molecule has 10 rings (SSSR count). The van der Waals surface area contributed by atoms with Gasteiger partial charge in [-0.15, -0.1) is 11.3 Å². The summed E-state index contributed by atoms with van der Waals surface area (Å²) in [6, 6.07) is 22.5. The zero-order chi connectivity index (χ0) is 24.2. The Bertz CT molecular complexity index is 2010. The summed E-state index contributed by atoms with van der Waals surface area (Å²) >= 11 is 10.1. The van der Waals surface area contributed by atoms with Crippen molar-refractivity contribution in [3.8, 4) is 11.1 Å². The molecule has 4 aliphatic carbocycles. The van der Waals surface area contributed by atoms with Crippen molar-refractivity contribution in [1.29, 1.82) is 0 Å². The van der Waals surface area contributed by atoms with E-state index in [-0.39, 0.29) is 0 Å². The highest BCUT2D eigenvalue weighted by molar-refractivity contribution is 9.11. The van der Waals surface area contributed by atoms with Gasteiger partial charge >= 0.3 is 0 Å². The molecule has 1 nitrogen and oxygen atoms in total. The first-order chi connectivity index (χ1) is 18.1. The van der Waals surface area contributed by atoms with Gasteiger partial charge in [0.2, 0.25) is 0 Å². The Balaban J connectivity index is 1.45. The Hall–Kier alpha value is -2.14. The van der Waals surface area contributed by atoms with Gasteiger partial charge in [0.1, 0.15) is 11.2 Å². The highest BCUT2D eigenvalue weighted by Crippen LogP contribution is 2.81. The predicted molar refractivity (Wildman–Crippen MR) is 161 cm³/mol. The predicted octanol–water partition coefficient (Wildman–Crippen LogP) is 11.1. The molecule has 3 saturated carbocycles. The SMILES string of the molecule is Brc1cc2c(c3oc4ccccc4c13)-c1c(cc(Br)c3c1sc1ccccc13)C1CC3CC4CC2CC431. The molecule has 5 unspecified atom stereocenters. The molecule has 4 aliphatic rings. The lowest BCUT2D eigenvalue weighted by Crippen LogP contribution is -2.59. The molecule has 37 heavy (non-hydrogen) atoms. The number of para-hydroxylation sites is 1. The van der Waals surface area contributed by atoms with Crippen LogP contribution in [0.3, 0.4) is 0 Å². The fourth-order valence-corrected chi connectivity index (χ4v) is 12.1. The molecular formula is C33H22Br2OS. The van der Waals surface area contributed by atoms with E-state index < -0.39 is 0 Å². The Kier molecular flexibility index (Phi) is 3.76. The fraction of sp³-hybridized carbons (Fsp3) is 0.273. The fourth-order valence-electron chi connectivity index (χ4n) is 9.34. The van der Waals surface area contributed by atoms with E-state index in [1.165, 1.54) is 82.3 Å². The van der Waals surface area contributed by atoms with Crippen molar-refractivity contribution in [2.45, 2.75) is 37.5 Å². The summed E-state index contributed by atoms with van der Waals surface area (Å²) in [6.07, 6.45) is 5.48. The van der Waals surface area contributed by atoms with Gasteiger partial charge in [0.15, 0.2) is 0 Å². The minimum atomic E-state index is 0.524. The standard InChI is InChI=1S/C33H22Br2OS/c34-23-12-20-15-9-16-10-17-11-22(33(16,17)14-15)21-13-24(35)28-19-6-2-4-8-26(19)37-32(28)30(21)29(20)31-27(23)18-5-1-3-7-25(18)36-31/h1-8,12-13,15-17,22H,9-11,14H2. The van der Waals surface area contributed by atoms with Gasteiger partial charge < -0.3 is 4.42 Å². The van der Waals surface area contributed by atoms with Crippen molar-refractivity contribution in [2.24, 2.45) is 17.3 Å². The van der Waals surface area contributed by atoms with Crippen LogP contribution in [0, 0.1) is 17.3 Å². The molecule has 0 amide bonds. The molecule has 0 aliphatic heterocycles. The third-order valence-electron chi connectivity index (χ3n) is 10.8. The summed E-state index contributed by atoms with van der Waals surface area (Å²) in [6.45, 7) is 0. The number of hydrogen-bond acceptors (Lipinski definition) is 2. The minimum Gasteiger partial charge on any atom is -0.455 e. The van der Waals surface area contributed by atoms with Crippen molar-refractivity contribution < 1.29 is 4.42 Å². The largest absolute Gasteiger partial charge is 0.455 e. The maximum Gasteiger partial charge on any atom is 0.144 e. The number of furan rings is 1. The van der Waals surface area contributed by atoms with E-state index in [0.717, 1.165) is 23.0 Å². The van der Waals surface area contributed by atoms with E-state index in [9.17, 15) is 0 Å². The first-order valence-corrected chi connectivity index (χ1v) is 15.8. The second-order valence-electron chi connectivity index (χ2n) is 11.9. The maximum absolute atomic E-state index is 6.82. The zero-order valence-corrected chi connectivity index (χ0v) is 24.0. The van der Waals surface area contributed by atoms with Crippen LogP contribution in [0.15, 0.2) is 74.0 Å². The normalized spacial score (nSPS) is 29.0. The molecule has 4 aromatic carbocycles. The van der Waals surface area contributed by atoms with Gasteiger partial charge in [-0.3, -0.25) is 0 Å². The summed E-state index contributed by atoms with van der Waals surface area (Å²) in [7, 11) is 0. The van der Waals surface area contributed by atoms with Gasteiger partial charge in [-0.25, -0.2) is 0 Å². The van der Waals surface area contributed by atoms with Crippen molar-refractivity contribution in [2.75, 3.05) is 0 Å². The van der Waals surface area contributed by atoms with Crippen molar-refractivity contribution in [3.63, 3.8) is 0 Å². The number of rotatable bonds is 0. The molecule has 4 heteroatoms. The third kappa shape index (κ3) is 2.28. The lowest BCUT2D eigenvalue weighted by Gasteiger charge is -2.67. The second kappa shape index (κ2) is 6.70. The van der Waals surface area contributed by atoms with E-state index in [4.69, 9.17) is 4.42 Å². The van der Waals surface area contributed by atoms with Crippen LogP contribution < -0.4 is 0 Å². The van der Waals surface area contributed by atoms with E-state index in [1.807, 2.05) is 11.3 Å². The molecule has 0 radical (unpaired) electrons. The summed E-state index contributed by atoms with van der Waals surface area (Å²) in [5.41, 5.74) is 8.48. The molecule has 1 spiro atoms. The van der Waals surface area contributed by atoms with Gasteiger partial charge in [-0.1, -0.05) is 68.3 Å². The minimum absolute atomic E-state index is 0.524. The Morgan fingerprint density at radius 2 is 1.54 bits per heavy atom. The number of thiophene rings is 1. The first kappa shape index (κ1) is 20.8. The molecule has 2 bridgehead atoms. The van der Waals surface area contributed by atoms with Crippen LogP contribution in [0.25, 0.3) is 53.2 Å². The lowest BCUT2D eigenvalue weighted by atomic mass is 9.37. The molecule has 3 fully saturated rings. The van der Waals surface area contributed by atoms with E-state index >= 15 is 0 Å². The van der Waals surface area contributed by atoms with E-state index in [0.29, 0.717) is 17.3 Å². The smallest absolute Gasteiger partial charge is 0.144 e. The quantitative estimate of drug-likeness (QED) is 0.164. The Morgan fingerprint density at radius 1 is 0.784 bits per heavy atom. The van der Waals surface area contributed by atoms with Crippen LogP contribution in [0.4, 0.5) is 0 Å². The second-order valence-corrected chi connectivity index (χ2v) is 14.7. The monoisotopic (exact) mass is 624 g/mol. The average molecular weight is 626 g/mol. The van der Waals surface area contributed by atoms with Crippen molar-refractivity contribution in [3.05, 3.63) is 80.7 Å². The van der Waals surface area contributed by atoms with Gasteiger partial charge in [0, 0.05) is 51.0 Å². The molecule has 2 aromatic heterocycles. The number of fused-ring (bicyclic) bond motifs is 14. The van der Waals surface area contributed by atoms with E-state index in [1.54, 1.807) is 5.56 Å². The molecule has 5 atom stereocenters. The van der Waals surface area contributed by atoms with Gasteiger partial charge in [-0.05, 0) is 90.2 Å². The summed E-state index contributed by atoms with van der Waals surface area (Å²) in [4.78, 5) is 0. The van der Waals surface area contributed by atoms with Crippen LogP contribution in [0.5, 0.6) is 0 Å². The molecule has 0 N–H and O–H groups in total. The van der Waals surface area contributed by atoms with Crippen LogP contribution in [0.2, 0.25) is 0 Å². The van der Waals surface area contributed by atoms with Crippen LogP contribution in [-0.4, -0.2) is 0 Å². The molecule has 0 saturated heterocycles. The molecule has 180 valence electrons. The van der Waals surface area contributed by atoms with Crippen molar-refractivity contribution in [1.82, 2.24) is 0 Å². The van der Waals surface area contributed by atoms with Gasteiger partial charge in [0.05, 0.1) is 0 Å². The number of benzene rings is 4. The first-order valence-electron chi connectivity index (χ1n) is 13.4. The molecule has 6 aromatic rings. The lowest BCUT2D eigenvalue weighted by molar-refractivity contribution is -0.144. The topological polar surface area (TPSA) is 13.1 Å². The van der Waals surface area contributed by atoms with Crippen LogP contribution in [-0.2, 0) is 0 Å². The number of halogens is 2. The Morgan fingerprint density at radius 3 is 2.43 bits per heavy atom. The maximum atomic E-state index is 6.82. The molecular weight excluding hydrogens is 604 g/mol. The zero-order valence-electron chi connectivity index (χ0n) is 20.0. The highest BCUT2D eigenvalue weighted by Gasteiger charge is 2.70. The number of hydrogen-bond donors (Lipinski definition) is 0. The van der Waals surface area contributed by atoms with Crippen molar-refractivity contribution >= 4 is 85.3 Å². The summed E-state index contributed by atoms with van der Waals surface area (Å²) in [5, 5.41) is 5.14. The summed E-state index contributed by atoms with van der Waals surface area (Å²) in [5.74, 6) is 3.08.